The minimum atomic E-state index is -0.180. The molecule has 0 fully saturated rings. The predicted octanol–water partition coefficient (Wildman–Crippen LogP) is 2.89. The van der Waals surface area contributed by atoms with Gasteiger partial charge in [-0.1, -0.05) is 23.7 Å². The fraction of sp³-hybridized carbons (Fsp3) is 0.143. The smallest absolute Gasteiger partial charge is 0.221 e. The second-order valence-corrected chi connectivity index (χ2v) is 4.73. The summed E-state index contributed by atoms with van der Waals surface area (Å²) >= 11 is 5.82. The quantitative estimate of drug-likeness (QED) is 0.809. The first-order valence-corrected chi connectivity index (χ1v) is 6.45. The number of anilines is 3. The Kier molecular flexibility index (Phi) is 4.42. The highest BCUT2D eigenvalue weighted by Gasteiger charge is 2.04. The molecule has 1 heterocycles. The van der Waals surface area contributed by atoms with E-state index in [0.29, 0.717) is 23.1 Å². The van der Waals surface area contributed by atoms with Crippen molar-refractivity contribution < 1.29 is 4.79 Å². The van der Waals surface area contributed by atoms with Crippen LogP contribution in [-0.4, -0.2) is 10.9 Å². The van der Waals surface area contributed by atoms with Gasteiger partial charge in [0.15, 0.2) is 0 Å². The van der Waals surface area contributed by atoms with Crippen LogP contribution in [0.4, 0.5) is 17.3 Å². The number of amides is 1. The molecule has 2 rings (SSSR count). The molecule has 4 N–H and O–H groups in total. The molecule has 0 spiro atoms. The fourth-order valence-corrected chi connectivity index (χ4v) is 1.79. The highest BCUT2D eigenvalue weighted by atomic mass is 35.5. The van der Waals surface area contributed by atoms with Crippen molar-refractivity contribution in [2.75, 3.05) is 16.4 Å². The lowest BCUT2D eigenvalue weighted by Crippen LogP contribution is -2.10. The standard InChI is InChI=1S/C14H15ClN4O/c1-9(20)18-12-6-7-13(19-14(12)16)17-8-10-2-4-11(15)5-3-10/h2-7H,8H2,1H3,(H,18,20)(H3,16,17,19). The molecule has 0 atom stereocenters. The molecular formula is C14H15ClN4O. The summed E-state index contributed by atoms with van der Waals surface area (Å²) < 4.78 is 0. The second kappa shape index (κ2) is 6.25. The highest BCUT2D eigenvalue weighted by Crippen LogP contribution is 2.19. The molecule has 1 aromatic carbocycles. The van der Waals surface area contributed by atoms with E-state index < -0.39 is 0 Å². The van der Waals surface area contributed by atoms with Gasteiger partial charge >= 0.3 is 0 Å². The summed E-state index contributed by atoms with van der Waals surface area (Å²) in [5.74, 6) is 0.744. The van der Waals surface area contributed by atoms with Crippen LogP contribution in [0.5, 0.6) is 0 Å². The maximum atomic E-state index is 11.0. The molecule has 0 bridgehead atoms. The van der Waals surface area contributed by atoms with Crippen LogP contribution in [0.2, 0.25) is 5.02 Å². The largest absolute Gasteiger partial charge is 0.382 e. The number of benzene rings is 1. The van der Waals surface area contributed by atoms with E-state index in [4.69, 9.17) is 17.3 Å². The van der Waals surface area contributed by atoms with Crippen molar-refractivity contribution in [3.63, 3.8) is 0 Å². The Morgan fingerprint density at radius 2 is 1.95 bits per heavy atom. The Hall–Kier alpha value is -2.27. The summed E-state index contributed by atoms with van der Waals surface area (Å²) in [4.78, 5) is 15.2. The number of hydrogen-bond donors (Lipinski definition) is 3. The van der Waals surface area contributed by atoms with Crippen molar-refractivity contribution in [1.82, 2.24) is 4.98 Å². The zero-order valence-corrected chi connectivity index (χ0v) is 11.7. The number of nitrogens with two attached hydrogens (primary N) is 1. The monoisotopic (exact) mass is 290 g/mol. The Labute approximate surface area is 122 Å². The average molecular weight is 291 g/mol. The lowest BCUT2D eigenvalue weighted by atomic mass is 10.2. The van der Waals surface area contributed by atoms with Gasteiger partial charge in [0, 0.05) is 18.5 Å². The highest BCUT2D eigenvalue weighted by molar-refractivity contribution is 6.30. The number of hydrogen-bond acceptors (Lipinski definition) is 4. The summed E-state index contributed by atoms with van der Waals surface area (Å²) in [7, 11) is 0. The van der Waals surface area contributed by atoms with Gasteiger partial charge in [0.2, 0.25) is 5.91 Å². The normalized spacial score (nSPS) is 10.1. The van der Waals surface area contributed by atoms with Crippen LogP contribution in [-0.2, 0) is 11.3 Å². The SMILES string of the molecule is CC(=O)Nc1ccc(NCc2ccc(Cl)cc2)nc1N. The van der Waals surface area contributed by atoms with Crippen molar-refractivity contribution >= 4 is 34.8 Å². The number of rotatable bonds is 4. The number of nitrogen functional groups attached to an aromatic ring is 1. The molecule has 6 heteroatoms. The first kappa shape index (κ1) is 14.1. The van der Waals surface area contributed by atoms with E-state index in [1.807, 2.05) is 24.3 Å². The first-order valence-electron chi connectivity index (χ1n) is 6.07. The Morgan fingerprint density at radius 1 is 1.25 bits per heavy atom. The van der Waals surface area contributed by atoms with E-state index in [-0.39, 0.29) is 11.7 Å². The summed E-state index contributed by atoms with van der Waals surface area (Å²) in [6.45, 7) is 2.04. The number of carbonyl (C=O) groups excluding carboxylic acids is 1. The summed E-state index contributed by atoms with van der Waals surface area (Å²) in [5, 5.41) is 6.47. The van der Waals surface area contributed by atoms with Crippen molar-refractivity contribution in [3.05, 3.63) is 47.0 Å². The number of halogens is 1. The third-order valence-corrected chi connectivity index (χ3v) is 2.87. The first-order chi connectivity index (χ1) is 9.54. The summed E-state index contributed by atoms with van der Waals surface area (Å²) in [6.07, 6.45) is 0. The Balaban J connectivity index is 2.01. The average Bonchev–Trinajstić information content (AvgIpc) is 2.40. The van der Waals surface area contributed by atoms with E-state index in [1.54, 1.807) is 12.1 Å². The predicted molar refractivity (Wildman–Crippen MR) is 81.7 cm³/mol. The van der Waals surface area contributed by atoms with Gasteiger partial charge < -0.3 is 16.4 Å². The molecule has 0 aliphatic heterocycles. The van der Waals surface area contributed by atoms with Gasteiger partial charge in [-0.3, -0.25) is 4.79 Å². The summed E-state index contributed by atoms with van der Waals surface area (Å²) in [6, 6.07) is 11.0. The van der Waals surface area contributed by atoms with Crippen LogP contribution in [0.25, 0.3) is 0 Å². The van der Waals surface area contributed by atoms with Crippen LogP contribution in [0.3, 0.4) is 0 Å². The minimum Gasteiger partial charge on any atom is -0.382 e. The Bertz CT molecular complexity index is 613. The van der Waals surface area contributed by atoms with Crippen molar-refractivity contribution in [2.45, 2.75) is 13.5 Å². The fourth-order valence-electron chi connectivity index (χ4n) is 1.66. The molecule has 2 aromatic rings. The molecule has 1 aromatic heterocycles. The molecule has 20 heavy (non-hydrogen) atoms. The van der Waals surface area contributed by atoms with Gasteiger partial charge in [-0.2, -0.15) is 0 Å². The van der Waals surface area contributed by atoms with Gasteiger partial charge in [-0.15, -0.1) is 0 Å². The van der Waals surface area contributed by atoms with Crippen molar-refractivity contribution in [2.24, 2.45) is 0 Å². The number of carbonyl (C=O) groups is 1. The maximum Gasteiger partial charge on any atom is 0.221 e. The van der Waals surface area contributed by atoms with Crippen molar-refractivity contribution in [3.8, 4) is 0 Å². The Morgan fingerprint density at radius 3 is 2.55 bits per heavy atom. The van der Waals surface area contributed by atoms with Gasteiger partial charge in [-0.05, 0) is 29.8 Å². The molecule has 0 saturated carbocycles. The van der Waals surface area contributed by atoms with E-state index in [9.17, 15) is 4.79 Å². The topological polar surface area (TPSA) is 80.0 Å². The zero-order valence-electron chi connectivity index (χ0n) is 11.0. The van der Waals surface area contributed by atoms with Gasteiger partial charge in [0.1, 0.15) is 11.6 Å². The second-order valence-electron chi connectivity index (χ2n) is 4.29. The number of pyridine rings is 1. The number of aromatic nitrogens is 1. The van der Waals surface area contributed by atoms with Crippen LogP contribution in [0, 0.1) is 0 Å². The van der Waals surface area contributed by atoms with E-state index in [0.717, 1.165) is 5.56 Å². The summed E-state index contributed by atoms with van der Waals surface area (Å²) in [5.41, 5.74) is 7.37. The van der Waals surface area contributed by atoms with E-state index in [2.05, 4.69) is 15.6 Å². The molecule has 0 aliphatic rings. The number of nitrogens with zero attached hydrogens (tertiary/aromatic N) is 1. The molecular weight excluding hydrogens is 276 g/mol. The minimum absolute atomic E-state index is 0.180. The molecule has 104 valence electrons. The van der Waals surface area contributed by atoms with Gasteiger partial charge in [-0.25, -0.2) is 4.98 Å². The third kappa shape index (κ3) is 3.86. The van der Waals surface area contributed by atoms with Gasteiger partial charge in [0.05, 0.1) is 5.69 Å². The molecule has 5 nitrogen and oxygen atoms in total. The van der Waals surface area contributed by atoms with E-state index >= 15 is 0 Å². The van der Waals surface area contributed by atoms with Crippen LogP contribution < -0.4 is 16.4 Å². The van der Waals surface area contributed by atoms with Crippen LogP contribution >= 0.6 is 11.6 Å². The van der Waals surface area contributed by atoms with E-state index in [1.165, 1.54) is 6.92 Å². The number of nitrogens with one attached hydrogen (secondary N) is 2. The molecule has 0 radical (unpaired) electrons. The third-order valence-electron chi connectivity index (χ3n) is 2.62. The molecule has 1 amide bonds. The maximum absolute atomic E-state index is 11.0. The molecule has 0 unspecified atom stereocenters. The lowest BCUT2D eigenvalue weighted by molar-refractivity contribution is -0.114. The molecule has 0 aliphatic carbocycles. The van der Waals surface area contributed by atoms with Crippen molar-refractivity contribution in [1.29, 1.82) is 0 Å². The lowest BCUT2D eigenvalue weighted by Gasteiger charge is -2.09. The molecule has 0 saturated heterocycles. The zero-order chi connectivity index (χ0) is 14.5. The van der Waals surface area contributed by atoms with Crippen LogP contribution in [0.1, 0.15) is 12.5 Å². The van der Waals surface area contributed by atoms with Crippen LogP contribution in [0.15, 0.2) is 36.4 Å². The van der Waals surface area contributed by atoms with Gasteiger partial charge in [0.25, 0.3) is 0 Å².